The van der Waals surface area contributed by atoms with Gasteiger partial charge in [-0.3, -0.25) is 9.69 Å². The van der Waals surface area contributed by atoms with Crippen LogP contribution in [-0.4, -0.2) is 63.0 Å². The Balaban J connectivity index is 1.34. The average Bonchev–Trinajstić information content (AvgIpc) is 3.27. The Morgan fingerprint density at radius 1 is 1.11 bits per heavy atom. The SMILES string of the molecule is CO[C@@H]1CC[C@H](OC(=O)CN2CCOCC2)C2C1[C@H]1S[C@@H]2c2ccccc21. The predicted molar refractivity (Wildman–Crippen MR) is 104 cm³/mol. The number of benzene rings is 1. The molecule has 6 heteroatoms. The van der Waals surface area contributed by atoms with Gasteiger partial charge < -0.3 is 14.2 Å². The Bertz CT molecular complexity index is 707. The molecular formula is C21H27NO4S. The maximum atomic E-state index is 12.6. The first-order valence-electron chi connectivity index (χ1n) is 10.0. The van der Waals surface area contributed by atoms with E-state index in [2.05, 4.69) is 40.9 Å². The Labute approximate surface area is 164 Å². The summed E-state index contributed by atoms with van der Waals surface area (Å²) in [5, 5.41) is 0.900. The van der Waals surface area contributed by atoms with Crippen molar-refractivity contribution in [3.8, 4) is 0 Å². The van der Waals surface area contributed by atoms with Gasteiger partial charge in [-0.25, -0.2) is 0 Å². The van der Waals surface area contributed by atoms with Crippen LogP contribution in [0.4, 0.5) is 0 Å². The second-order valence-corrected chi connectivity index (χ2v) is 9.32. The van der Waals surface area contributed by atoms with Crippen LogP contribution in [0, 0.1) is 11.8 Å². The Morgan fingerprint density at radius 3 is 2.41 bits per heavy atom. The van der Waals surface area contributed by atoms with Crippen LogP contribution in [0.15, 0.2) is 24.3 Å². The van der Waals surface area contributed by atoms with Gasteiger partial charge in [0, 0.05) is 42.5 Å². The standard InChI is InChI=1S/C21H27NO4S/c1-24-15-6-7-16(26-17(23)12-22-8-10-25-11-9-22)19-18(15)20-13-4-2-3-5-14(13)21(19)27-20/h2-5,15-16,18-21H,6-12H2,1H3/t15-,16+,18?,19?,20+,21-/m1/s1. The molecule has 0 N–H and O–H groups in total. The number of ether oxygens (including phenoxy) is 3. The van der Waals surface area contributed by atoms with Crippen LogP contribution in [0.5, 0.6) is 0 Å². The van der Waals surface area contributed by atoms with Crippen molar-refractivity contribution in [2.24, 2.45) is 11.8 Å². The molecule has 0 aromatic heterocycles. The van der Waals surface area contributed by atoms with Gasteiger partial charge in [-0.15, -0.1) is 11.8 Å². The number of hydrogen-bond donors (Lipinski definition) is 0. The lowest BCUT2D eigenvalue weighted by Gasteiger charge is -2.44. The van der Waals surface area contributed by atoms with Gasteiger partial charge in [-0.05, 0) is 24.0 Å². The van der Waals surface area contributed by atoms with E-state index < -0.39 is 0 Å². The molecule has 5 rings (SSSR count). The molecule has 2 saturated heterocycles. The first-order valence-corrected chi connectivity index (χ1v) is 11.0. The highest BCUT2D eigenvalue weighted by atomic mass is 32.2. The van der Waals surface area contributed by atoms with Crippen molar-refractivity contribution >= 4 is 17.7 Å². The molecular weight excluding hydrogens is 362 g/mol. The summed E-state index contributed by atoms with van der Waals surface area (Å²) in [7, 11) is 1.83. The molecule has 3 fully saturated rings. The predicted octanol–water partition coefficient (Wildman–Crippen LogP) is 2.81. The van der Waals surface area contributed by atoms with Gasteiger partial charge in [-0.1, -0.05) is 24.3 Å². The van der Waals surface area contributed by atoms with Gasteiger partial charge in [-0.2, -0.15) is 0 Å². The van der Waals surface area contributed by atoms with Gasteiger partial charge in [0.05, 0.1) is 25.9 Å². The van der Waals surface area contributed by atoms with Crippen LogP contribution in [0.1, 0.15) is 34.5 Å². The zero-order valence-corrected chi connectivity index (χ0v) is 16.5. The van der Waals surface area contributed by atoms with Crippen molar-refractivity contribution in [2.75, 3.05) is 40.0 Å². The molecule has 1 aromatic rings. The maximum Gasteiger partial charge on any atom is 0.320 e. The van der Waals surface area contributed by atoms with Crippen molar-refractivity contribution in [2.45, 2.75) is 35.5 Å². The number of hydrogen-bond acceptors (Lipinski definition) is 6. The molecule has 1 aromatic carbocycles. The molecule has 0 spiro atoms. The molecule has 1 aliphatic carbocycles. The molecule has 146 valence electrons. The number of carbonyl (C=O) groups is 1. The smallest absolute Gasteiger partial charge is 0.320 e. The van der Waals surface area contributed by atoms with E-state index in [1.165, 1.54) is 11.1 Å². The average molecular weight is 390 g/mol. The summed E-state index contributed by atoms with van der Waals surface area (Å²) in [5.74, 6) is 0.717. The van der Waals surface area contributed by atoms with E-state index in [1.807, 2.05) is 7.11 Å². The fraction of sp³-hybridized carbons (Fsp3) is 0.667. The number of thioether (sulfide) groups is 1. The van der Waals surface area contributed by atoms with Gasteiger partial charge in [0.1, 0.15) is 6.10 Å². The summed E-state index contributed by atoms with van der Waals surface area (Å²) >= 11 is 2.05. The van der Waals surface area contributed by atoms with Crippen molar-refractivity contribution in [3.63, 3.8) is 0 Å². The van der Waals surface area contributed by atoms with Crippen molar-refractivity contribution in [1.29, 1.82) is 0 Å². The molecule has 1 saturated carbocycles. The Morgan fingerprint density at radius 2 is 1.74 bits per heavy atom. The molecule has 2 unspecified atom stereocenters. The molecule has 6 atom stereocenters. The van der Waals surface area contributed by atoms with Crippen molar-refractivity contribution in [1.82, 2.24) is 4.90 Å². The van der Waals surface area contributed by atoms with Crippen LogP contribution in [0.3, 0.4) is 0 Å². The van der Waals surface area contributed by atoms with E-state index in [0.717, 1.165) is 25.9 Å². The van der Waals surface area contributed by atoms with Crippen LogP contribution in [-0.2, 0) is 19.0 Å². The highest BCUT2D eigenvalue weighted by Crippen LogP contribution is 2.70. The minimum Gasteiger partial charge on any atom is -0.461 e. The highest BCUT2D eigenvalue weighted by Gasteiger charge is 2.59. The second-order valence-electron chi connectivity index (χ2n) is 8.03. The molecule has 5 nitrogen and oxygen atoms in total. The summed E-state index contributed by atoms with van der Waals surface area (Å²) in [4.78, 5) is 14.8. The van der Waals surface area contributed by atoms with E-state index in [-0.39, 0.29) is 18.2 Å². The molecule has 2 bridgehead atoms. The molecule has 4 aliphatic rings. The lowest BCUT2D eigenvalue weighted by Crippen LogP contribution is -2.47. The van der Waals surface area contributed by atoms with E-state index in [9.17, 15) is 4.79 Å². The lowest BCUT2D eigenvalue weighted by atomic mass is 9.66. The fourth-order valence-electron chi connectivity index (χ4n) is 5.49. The van der Waals surface area contributed by atoms with Crippen LogP contribution in [0.25, 0.3) is 0 Å². The summed E-state index contributed by atoms with van der Waals surface area (Å²) in [6.07, 6.45) is 2.14. The van der Waals surface area contributed by atoms with E-state index in [4.69, 9.17) is 14.2 Å². The maximum absolute atomic E-state index is 12.6. The second kappa shape index (κ2) is 7.39. The number of esters is 1. The number of fused-ring (bicyclic) bond motifs is 8. The molecule has 27 heavy (non-hydrogen) atoms. The van der Waals surface area contributed by atoms with Crippen LogP contribution in [0.2, 0.25) is 0 Å². The van der Waals surface area contributed by atoms with Crippen LogP contribution >= 0.6 is 11.8 Å². The number of methoxy groups -OCH3 is 1. The zero-order valence-electron chi connectivity index (χ0n) is 15.7. The zero-order chi connectivity index (χ0) is 18.4. The monoisotopic (exact) mass is 389 g/mol. The quantitative estimate of drug-likeness (QED) is 0.738. The first-order chi connectivity index (χ1) is 13.3. The summed E-state index contributed by atoms with van der Waals surface area (Å²) in [6.45, 7) is 3.40. The minimum absolute atomic E-state index is 0.00537. The van der Waals surface area contributed by atoms with Gasteiger partial charge in [0.2, 0.25) is 0 Å². The van der Waals surface area contributed by atoms with Crippen molar-refractivity contribution < 1.29 is 19.0 Å². The molecule has 3 aliphatic heterocycles. The Kier molecular flexibility index (Phi) is 4.92. The van der Waals surface area contributed by atoms with Crippen molar-refractivity contribution in [3.05, 3.63) is 35.4 Å². The fourth-order valence-corrected chi connectivity index (χ4v) is 7.61. The summed E-state index contributed by atoms with van der Waals surface area (Å²) < 4.78 is 17.3. The highest BCUT2D eigenvalue weighted by molar-refractivity contribution is 8.00. The topological polar surface area (TPSA) is 48.0 Å². The normalized spacial score (nSPS) is 37.7. The summed E-state index contributed by atoms with van der Waals surface area (Å²) in [6, 6.07) is 8.79. The number of carbonyl (C=O) groups excluding carboxylic acids is 1. The van der Waals surface area contributed by atoms with Gasteiger partial charge >= 0.3 is 5.97 Å². The van der Waals surface area contributed by atoms with E-state index in [0.29, 0.717) is 42.1 Å². The third kappa shape index (κ3) is 3.11. The number of nitrogens with zero attached hydrogens (tertiary/aromatic N) is 1. The molecule has 0 amide bonds. The third-order valence-electron chi connectivity index (χ3n) is 6.68. The summed E-state index contributed by atoms with van der Waals surface area (Å²) in [5.41, 5.74) is 2.91. The van der Waals surface area contributed by atoms with E-state index >= 15 is 0 Å². The minimum atomic E-state index is -0.0856. The number of morpholine rings is 1. The largest absolute Gasteiger partial charge is 0.461 e. The molecule has 3 heterocycles. The third-order valence-corrected chi connectivity index (χ3v) is 8.41. The first kappa shape index (κ1) is 18.0. The van der Waals surface area contributed by atoms with Gasteiger partial charge in [0.15, 0.2) is 0 Å². The van der Waals surface area contributed by atoms with E-state index in [1.54, 1.807) is 0 Å². The van der Waals surface area contributed by atoms with Gasteiger partial charge in [0.25, 0.3) is 0 Å². The lowest BCUT2D eigenvalue weighted by molar-refractivity contribution is -0.161. The van der Waals surface area contributed by atoms with Crippen LogP contribution < -0.4 is 0 Å². The Hall–Kier alpha value is -1.08. The number of rotatable bonds is 4. The molecule has 0 radical (unpaired) electrons.